The molecule has 0 radical (unpaired) electrons. The molecular formula is C21H21N3O3S2. The van der Waals surface area contributed by atoms with E-state index in [0.29, 0.717) is 18.8 Å². The standard InChI is InChI=1S/C21H21N3O3S2/c1-16-7-9-18(10-8-16)29(26,27)24-13-11-23(12-14-24)21(25)19-15-28-20(22-19)17-5-3-2-4-6-17/h2-10,15H,11-14H2,1H3. The Morgan fingerprint density at radius 2 is 1.62 bits per heavy atom. The van der Waals surface area contributed by atoms with Crippen molar-refractivity contribution < 1.29 is 13.2 Å². The first-order chi connectivity index (χ1) is 13.9. The van der Waals surface area contributed by atoms with Crippen molar-refractivity contribution in [1.29, 1.82) is 0 Å². The summed E-state index contributed by atoms with van der Waals surface area (Å²) in [6.45, 7) is 3.17. The molecule has 0 unspecified atom stereocenters. The van der Waals surface area contributed by atoms with E-state index in [4.69, 9.17) is 0 Å². The Balaban J connectivity index is 1.42. The SMILES string of the molecule is Cc1ccc(S(=O)(=O)N2CCN(C(=O)c3csc(-c4ccccc4)n3)CC2)cc1. The quantitative estimate of drug-likeness (QED) is 0.641. The van der Waals surface area contributed by atoms with Crippen LogP contribution in [0.3, 0.4) is 0 Å². The maximum Gasteiger partial charge on any atom is 0.273 e. The summed E-state index contributed by atoms with van der Waals surface area (Å²) in [6, 6.07) is 16.6. The second-order valence-corrected chi connectivity index (χ2v) is 9.71. The second kappa shape index (κ2) is 8.06. The van der Waals surface area contributed by atoms with Gasteiger partial charge in [-0.15, -0.1) is 11.3 Å². The van der Waals surface area contributed by atoms with Gasteiger partial charge < -0.3 is 4.90 Å². The van der Waals surface area contributed by atoms with Gasteiger partial charge in [0.1, 0.15) is 10.7 Å². The predicted octanol–water partition coefficient (Wildman–Crippen LogP) is 3.27. The molecule has 2 heterocycles. The van der Waals surface area contributed by atoms with Crippen LogP contribution in [0.4, 0.5) is 0 Å². The number of rotatable bonds is 4. The van der Waals surface area contributed by atoms with Crippen LogP contribution in [0.15, 0.2) is 64.9 Å². The van der Waals surface area contributed by atoms with Crippen molar-refractivity contribution in [2.75, 3.05) is 26.2 Å². The molecule has 8 heteroatoms. The van der Waals surface area contributed by atoms with Gasteiger partial charge >= 0.3 is 0 Å². The van der Waals surface area contributed by atoms with E-state index < -0.39 is 10.0 Å². The fraction of sp³-hybridized carbons (Fsp3) is 0.238. The van der Waals surface area contributed by atoms with Gasteiger partial charge in [0.15, 0.2) is 0 Å². The predicted molar refractivity (Wildman–Crippen MR) is 113 cm³/mol. The highest BCUT2D eigenvalue weighted by Crippen LogP contribution is 2.24. The minimum absolute atomic E-state index is 0.157. The van der Waals surface area contributed by atoms with Gasteiger partial charge in [-0.3, -0.25) is 4.79 Å². The van der Waals surface area contributed by atoms with E-state index in [1.165, 1.54) is 15.6 Å². The largest absolute Gasteiger partial charge is 0.335 e. The van der Waals surface area contributed by atoms with Gasteiger partial charge in [-0.05, 0) is 19.1 Å². The average Bonchev–Trinajstić information content (AvgIpc) is 3.24. The number of piperazine rings is 1. The molecule has 4 rings (SSSR count). The average molecular weight is 428 g/mol. The van der Waals surface area contributed by atoms with Crippen LogP contribution in [-0.4, -0.2) is 54.7 Å². The van der Waals surface area contributed by atoms with Crippen molar-refractivity contribution in [1.82, 2.24) is 14.2 Å². The van der Waals surface area contributed by atoms with Gasteiger partial charge in [-0.2, -0.15) is 4.31 Å². The van der Waals surface area contributed by atoms with Gasteiger partial charge in [0, 0.05) is 37.1 Å². The molecule has 0 atom stereocenters. The number of nitrogens with zero attached hydrogens (tertiary/aromatic N) is 3. The number of thiazole rings is 1. The summed E-state index contributed by atoms with van der Waals surface area (Å²) in [5.74, 6) is -0.157. The molecule has 0 bridgehead atoms. The van der Waals surface area contributed by atoms with E-state index in [-0.39, 0.29) is 23.9 Å². The molecule has 1 fully saturated rings. The smallest absolute Gasteiger partial charge is 0.273 e. The van der Waals surface area contributed by atoms with E-state index in [1.54, 1.807) is 34.5 Å². The van der Waals surface area contributed by atoms with Crippen molar-refractivity contribution in [3.8, 4) is 10.6 Å². The fourth-order valence-corrected chi connectivity index (χ4v) is 5.46. The molecule has 2 aromatic carbocycles. The lowest BCUT2D eigenvalue weighted by molar-refractivity contribution is 0.0693. The van der Waals surface area contributed by atoms with Gasteiger partial charge in [-0.25, -0.2) is 13.4 Å². The Bertz CT molecular complexity index is 1100. The maximum atomic E-state index is 12.8. The summed E-state index contributed by atoms with van der Waals surface area (Å²) >= 11 is 1.43. The van der Waals surface area contributed by atoms with Crippen molar-refractivity contribution in [2.45, 2.75) is 11.8 Å². The molecule has 0 N–H and O–H groups in total. The second-order valence-electron chi connectivity index (χ2n) is 6.91. The lowest BCUT2D eigenvalue weighted by Crippen LogP contribution is -2.50. The normalized spacial score (nSPS) is 15.4. The Labute approximate surface area is 174 Å². The van der Waals surface area contributed by atoms with E-state index in [2.05, 4.69) is 4.98 Å². The highest BCUT2D eigenvalue weighted by atomic mass is 32.2. The molecule has 0 spiro atoms. The van der Waals surface area contributed by atoms with E-state index in [9.17, 15) is 13.2 Å². The number of benzene rings is 2. The third-order valence-corrected chi connectivity index (χ3v) is 7.73. The Morgan fingerprint density at radius 1 is 0.966 bits per heavy atom. The van der Waals surface area contributed by atoms with Crippen LogP contribution in [0.2, 0.25) is 0 Å². The number of carbonyl (C=O) groups excluding carboxylic acids is 1. The first-order valence-electron chi connectivity index (χ1n) is 9.32. The zero-order chi connectivity index (χ0) is 20.4. The Hall–Kier alpha value is -2.55. The number of amides is 1. The first-order valence-corrected chi connectivity index (χ1v) is 11.6. The molecule has 150 valence electrons. The summed E-state index contributed by atoms with van der Waals surface area (Å²) in [5, 5.41) is 2.56. The zero-order valence-corrected chi connectivity index (χ0v) is 17.6. The van der Waals surface area contributed by atoms with Crippen LogP contribution in [-0.2, 0) is 10.0 Å². The van der Waals surface area contributed by atoms with Crippen LogP contribution >= 0.6 is 11.3 Å². The summed E-state index contributed by atoms with van der Waals surface area (Å²) in [7, 11) is -3.54. The molecule has 1 aromatic heterocycles. The summed E-state index contributed by atoms with van der Waals surface area (Å²) in [6.07, 6.45) is 0. The lowest BCUT2D eigenvalue weighted by Gasteiger charge is -2.33. The summed E-state index contributed by atoms with van der Waals surface area (Å²) in [5.41, 5.74) is 2.40. The molecular weight excluding hydrogens is 406 g/mol. The molecule has 3 aromatic rings. The summed E-state index contributed by atoms with van der Waals surface area (Å²) < 4.78 is 27.1. The number of hydrogen-bond donors (Lipinski definition) is 0. The topological polar surface area (TPSA) is 70.6 Å². The number of carbonyl (C=O) groups is 1. The minimum Gasteiger partial charge on any atom is -0.335 e. The van der Waals surface area contributed by atoms with Crippen LogP contribution in [0.5, 0.6) is 0 Å². The van der Waals surface area contributed by atoms with E-state index >= 15 is 0 Å². The molecule has 1 saturated heterocycles. The molecule has 1 aliphatic rings. The maximum absolute atomic E-state index is 12.8. The van der Waals surface area contributed by atoms with Crippen molar-refractivity contribution >= 4 is 27.3 Å². The van der Waals surface area contributed by atoms with Crippen molar-refractivity contribution in [2.24, 2.45) is 0 Å². The molecule has 1 amide bonds. The van der Waals surface area contributed by atoms with Crippen LogP contribution in [0.25, 0.3) is 10.6 Å². The monoisotopic (exact) mass is 427 g/mol. The Kier molecular flexibility index (Phi) is 5.49. The van der Waals surface area contributed by atoms with Gasteiger partial charge in [-0.1, -0.05) is 48.0 Å². The van der Waals surface area contributed by atoms with Crippen LogP contribution in [0.1, 0.15) is 16.1 Å². The molecule has 0 saturated carbocycles. The number of aromatic nitrogens is 1. The molecule has 6 nitrogen and oxygen atoms in total. The summed E-state index contributed by atoms with van der Waals surface area (Å²) in [4.78, 5) is 19.2. The van der Waals surface area contributed by atoms with E-state index in [1.807, 2.05) is 37.3 Å². The highest BCUT2D eigenvalue weighted by molar-refractivity contribution is 7.89. The highest BCUT2D eigenvalue weighted by Gasteiger charge is 2.31. The number of sulfonamides is 1. The molecule has 1 aliphatic heterocycles. The van der Waals surface area contributed by atoms with Crippen LogP contribution < -0.4 is 0 Å². The zero-order valence-electron chi connectivity index (χ0n) is 16.0. The van der Waals surface area contributed by atoms with Gasteiger partial charge in [0.05, 0.1) is 4.90 Å². The first kappa shape index (κ1) is 19.8. The lowest BCUT2D eigenvalue weighted by atomic mass is 10.2. The molecule has 29 heavy (non-hydrogen) atoms. The molecule has 0 aliphatic carbocycles. The minimum atomic E-state index is -3.54. The number of aryl methyl sites for hydroxylation is 1. The number of hydrogen-bond acceptors (Lipinski definition) is 5. The van der Waals surface area contributed by atoms with Gasteiger partial charge in [0.25, 0.3) is 5.91 Å². The van der Waals surface area contributed by atoms with Crippen molar-refractivity contribution in [3.63, 3.8) is 0 Å². The van der Waals surface area contributed by atoms with Gasteiger partial charge in [0.2, 0.25) is 10.0 Å². The van der Waals surface area contributed by atoms with E-state index in [0.717, 1.165) is 16.1 Å². The third-order valence-electron chi connectivity index (χ3n) is 4.93. The third kappa shape index (κ3) is 4.10. The van der Waals surface area contributed by atoms with Crippen LogP contribution in [0, 0.1) is 6.92 Å². The Morgan fingerprint density at radius 3 is 2.28 bits per heavy atom. The van der Waals surface area contributed by atoms with Crippen molar-refractivity contribution in [3.05, 3.63) is 71.2 Å². The fourth-order valence-electron chi connectivity index (χ4n) is 3.24.